The van der Waals surface area contributed by atoms with Crippen molar-refractivity contribution >= 4 is 40.4 Å². The van der Waals surface area contributed by atoms with Gasteiger partial charge in [-0.25, -0.2) is 4.98 Å². The van der Waals surface area contributed by atoms with E-state index in [1.165, 1.54) is 0 Å². The standard InChI is InChI=1S/C19H19ClN4O2/c1-11(2)18(25)23-15-5-4-13(9-14(15)20)21-19(26)16-10-24-7-6-12(3)8-17(24)22-16/h4-11H,1-3H3,(H,21,26)(H,23,25). The number of carbonyl (C=O) groups is 2. The molecule has 0 aliphatic heterocycles. The molecular formula is C19H19ClN4O2. The summed E-state index contributed by atoms with van der Waals surface area (Å²) in [5.41, 5.74) is 3.12. The molecule has 0 unspecified atom stereocenters. The number of aromatic nitrogens is 2. The van der Waals surface area contributed by atoms with Gasteiger partial charge >= 0.3 is 0 Å². The Labute approximate surface area is 156 Å². The number of rotatable bonds is 4. The molecule has 0 fully saturated rings. The first-order valence-electron chi connectivity index (χ1n) is 8.20. The third-order valence-corrected chi connectivity index (χ3v) is 4.17. The van der Waals surface area contributed by atoms with Gasteiger partial charge in [-0.1, -0.05) is 25.4 Å². The Kier molecular flexibility index (Phi) is 4.95. The smallest absolute Gasteiger partial charge is 0.275 e. The van der Waals surface area contributed by atoms with E-state index in [1.807, 2.05) is 25.3 Å². The van der Waals surface area contributed by atoms with E-state index in [0.717, 1.165) is 5.56 Å². The molecule has 7 heteroatoms. The summed E-state index contributed by atoms with van der Waals surface area (Å²) in [7, 11) is 0. The summed E-state index contributed by atoms with van der Waals surface area (Å²) in [6.07, 6.45) is 3.53. The second-order valence-corrected chi connectivity index (χ2v) is 6.80. The summed E-state index contributed by atoms with van der Waals surface area (Å²) in [6, 6.07) is 8.78. The molecule has 3 aromatic rings. The van der Waals surface area contributed by atoms with E-state index >= 15 is 0 Å². The molecule has 2 heterocycles. The fourth-order valence-electron chi connectivity index (χ4n) is 2.36. The Morgan fingerprint density at radius 3 is 2.62 bits per heavy atom. The van der Waals surface area contributed by atoms with Crippen LogP contribution in [0.2, 0.25) is 5.02 Å². The number of amides is 2. The van der Waals surface area contributed by atoms with Crippen LogP contribution in [0, 0.1) is 12.8 Å². The first-order valence-corrected chi connectivity index (χ1v) is 8.58. The van der Waals surface area contributed by atoms with Crippen molar-refractivity contribution in [1.29, 1.82) is 0 Å². The van der Waals surface area contributed by atoms with E-state index in [2.05, 4.69) is 15.6 Å². The van der Waals surface area contributed by atoms with Gasteiger partial charge in [0.25, 0.3) is 5.91 Å². The van der Waals surface area contributed by atoms with E-state index < -0.39 is 0 Å². The fourth-order valence-corrected chi connectivity index (χ4v) is 2.59. The van der Waals surface area contributed by atoms with Gasteiger partial charge in [0.05, 0.1) is 10.7 Å². The minimum Gasteiger partial charge on any atom is -0.325 e. The Bertz CT molecular complexity index is 994. The van der Waals surface area contributed by atoms with Crippen LogP contribution in [0.4, 0.5) is 11.4 Å². The molecule has 0 bridgehead atoms. The van der Waals surface area contributed by atoms with Gasteiger partial charge in [0, 0.05) is 24.0 Å². The molecule has 2 N–H and O–H groups in total. The van der Waals surface area contributed by atoms with Gasteiger partial charge in [0.1, 0.15) is 11.3 Å². The number of fused-ring (bicyclic) bond motifs is 1. The van der Waals surface area contributed by atoms with E-state index in [0.29, 0.717) is 27.7 Å². The van der Waals surface area contributed by atoms with E-state index in [9.17, 15) is 9.59 Å². The largest absolute Gasteiger partial charge is 0.325 e. The minimum absolute atomic E-state index is 0.122. The number of nitrogens with zero attached hydrogens (tertiary/aromatic N) is 2. The highest BCUT2D eigenvalue weighted by Crippen LogP contribution is 2.26. The fraction of sp³-hybridized carbons (Fsp3) is 0.211. The molecule has 0 saturated carbocycles. The highest BCUT2D eigenvalue weighted by molar-refractivity contribution is 6.34. The van der Waals surface area contributed by atoms with Crippen molar-refractivity contribution in [2.24, 2.45) is 5.92 Å². The summed E-state index contributed by atoms with van der Waals surface area (Å²) in [6.45, 7) is 5.57. The van der Waals surface area contributed by atoms with Crippen LogP contribution < -0.4 is 10.6 Å². The number of halogens is 1. The van der Waals surface area contributed by atoms with Crippen molar-refractivity contribution in [3.8, 4) is 0 Å². The lowest BCUT2D eigenvalue weighted by atomic mass is 10.2. The second kappa shape index (κ2) is 7.17. The highest BCUT2D eigenvalue weighted by atomic mass is 35.5. The maximum Gasteiger partial charge on any atom is 0.275 e. The number of nitrogens with one attached hydrogen (secondary N) is 2. The van der Waals surface area contributed by atoms with Crippen LogP contribution in [0.15, 0.2) is 42.7 Å². The molecule has 2 amide bonds. The molecule has 0 atom stereocenters. The summed E-state index contributed by atoms with van der Waals surface area (Å²) in [5, 5.41) is 5.86. The van der Waals surface area contributed by atoms with E-state index in [4.69, 9.17) is 11.6 Å². The van der Waals surface area contributed by atoms with Crippen molar-refractivity contribution < 1.29 is 9.59 Å². The molecule has 0 saturated heterocycles. The number of imidazole rings is 1. The van der Waals surface area contributed by atoms with Crippen LogP contribution in [0.1, 0.15) is 29.9 Å². The first-order chi connectivity index (χ1) is 12.3. The molecule has 6 nitrogen and oxygen atoms in total. The normalized spacial score (nSPS) is 11.0. The number of hydrogen-bond acceptors (Lipinski definition) is 3. The Hall–Kier alpha value is -2.86. The van der Waals surface area contributed by atoms with Gasteiger partial charge in [-0.3, -0.25) is 9.59 Å². The van der Waals surface area contributed by atoms with Crippen LogP contribution in [0.25, 0.3) is 5.65 Å². The molecule has 26 heavy (non-hydrogen) atoms. The summed E-state index contributed by atoms with van der Waals surface area (Å²) >= 11 is 6.20. The van der Waals surface area contributed by atoms with Gasteiger partial charge in [-0.2, -0.15) is 0 Å². The Morgan fingerprint density at radius 2 is 1.92 bits per heavy atom. The summed E-state index contributed by atoms with van der Waals surface area (Å²) in [4.78, 5) is 28.5. The predicted octanol–water partition coefficient (Wildman–Crippen LogP) is 4.14. The summed E-state index contributed by atoms with van der Waals surface area (Å²) in [5.74, 6) is -0.603. The monoisotopic (exact) mass is 370 g/mol. The third kappa shape index (κ3) is 3.86. The average molecular weight is 371 g/mol. The SMILES string of the molecule is Cc1ccn2cc(C(=O)Nc3ccc(NC(=O)C(C)C)c(Cl)c3)nc2c1. The predicted molar refractivity (Wildman–Crippen MR) is 103 cm³/mol. The number of carbonyl (C=O) groups excluding carboxylic acids is 2. The number of anilines is 2. The zero-order chi connectivity index (χ0) is 18.8. The molecule has 1 aromatic carbocycles. The van der Waals surface area contributed by atoms with Crippen molar-refractivity contribution in [3.05, 3.63) is 59.0 Å². The van der Waals surface area contributed by atoms with Crippen molar-refractivity contribution in [2.45, 2.75) is 20.8 Å². The molecule has 0 aliphatic carbocycles. The lowest BCUT2D eigenvalue weighted by Crippen LogP contribution is -2.18. The summed E-state index contributed by atoms with van der Waals surface area (Å²) < 4.78 is 1.79. The number of aryl methyl sites for hydroxylation is 1. The molecule has 0 spiro atoms. The molecule has 134 valence electrons. The number of hydrogen-bond donors (Lipinski definition) is 2. The molecule has 2 aromatic heterocycles. The minimum atomic E-state index is -0.332. The second-order valence-electron chi connectivity index (χ2n) is 6.39. The maximum atomic E-state index is 12.4. The van der Waals surface area contributed by atoms with Crippen molar-refractivity contribution in [3.63, 3.8) is 0 Å². The highest BCUT2D eigenvalue weighted by Gasteiger charge is 2.13. The van der Waals surface area contributed by atoms with Crippen LogP contribution in [-0.4, -0.2) is 21.2 Å². The van der Waals surface area contributed by atoms with E-state index in [1.54, 1.807) is 42.6 Å². The van der Waals surface area contributed by atoms with Crippen molar-refractivity contribution in [2.75, 3.05) is 10.6 Å². The number of pyridine rings is 1. The van der Waals surface area contributed by atoms with Crippen LogP contribution in [0.3, 0.4) is 0 Å². The lowest BCUT2D eigenvalue weighted by Gasteiger charge is -2.11. The quantitative estimate of drug-likeness (QED) is 0.724. The first kappa shape index (κ1) is 17.9. The molecule has 3 rings (SSSR count). The maximum absolute atomic E-state index is 12.4. The van der Waals surface area contributed by atoms with Crippen LogP contribution in [-0.2, 0) is 4.79 Å². The van der Waals surface area contributed by atoms with Gasteiger partial charge < -0.3 is 15.0 Å². The molecular weight excluding hydrogens is 352 g/mol. The zero-order valence-corrected chi connectivity index (χ0v) is 15.5. The Morgan fingerprint density at radius 1 is 1.15 bits per heavy atom. The Balaban J connectivity index is 1.76. The number of benzene rings is 1. The third-order valence-electron chi connectivity index (χ3n) is 3.86. The van der Waals surface area contributed by atoms with Crippen LogP contribution in [0.5, 0.6) is 0 Å². The average Bonchev–Trinajstić information content (AvgIpc) is 3.00. The zero-order valence-electron chi connectivity index (χ0n) is 14.7. The van der Waals surface area contributed by atoms with Crippen molar-refractivity contribution in [1.82, 2.24) is 9.38 Å². The molecule has 0 radical (unpaired) electrons. The van der Waals surface area contributed by atoms with Crippen LogP contribution >= 0.6 is 11.6 Å². The topological polar surface area (TPSA) is 75.5 Å². The molecule has 0 aliphatic rings. The van der Waals surface area contributed by atoms with Gasteiger partial charge in [-0.15, -0.1) is 0 Å². The van der Waals surface area contributed by atoms with Gasteiger partial charge in [0.15, 0.2) is 0 Å². The lowest BCUT2D eigenvalue weighted by molar-refractivity contribution is -0.118. The van der Waals surface area contributed by atoms with E-state index in [-0.39, 0.29) is 17.7 Å². The van der Waals surface area contributed by atoms with Gasteiger partial charge in [-0.05, 0) is 42.8 Å². The van der Waals surface area contributed by atoms with Gasteiger partial charge in [0.2, 0.25) is 5.91 Å².